The average Bonchev–Trinajstić information content (AvgIpc) is 1.51. The quantitative estimate of drug-likeness (QED) is 0.0271. The van der Waals surface area contributed by atoms with Gasteiger partial charge in [-0.3, -0.25) is 19.2 Å². The van der Waals surface area contributed by atoms with Crippen LogP contribution in [0.4, 0.5) is 19.2 Å². The zero-order valence-corrected chi connectivity index (χ0v) is 74.1. The second-order valence-electron chi connectivity index (χ2n) is 36.6. The Labute approximate surface area is 762 Å². The number of hydrogen-bond acceptors (Lipinski definition) is 18. The summed E-state index contributed by atoms with van der Waals surface area (Å²) in [5.41, 5.74) is 11.0. The lowest BCUT2D eigenvalue weighted by Gasteiger charge is -2.43. The smallest absolute Gasteiger partial charge is 0.429 e. The number of hydrogen-bond donors (Lipinski definition) is 6. The molecule has 6 aliphatic heterocycles. The summed E-state index contributed by atoms with van der Waals surface area (Å²) < 4.78 is 32.4. The Morgan fingerprint density at radius 1 is 0.371 bits per heavy atom. The summed E-state index contributed by atoms with van der Waals surface area (Å²) in [6.45, 7) is 3.89. The lowest BCUT2D eigenvalue weighted by atomic mass is 9.90. The van der Waals surface area contributed by atoms with Crippen molar-refractivity contribution >= 4 is 69.5 Å². The molecule has 10 heterocycles. The molecule has 8 fully saturated rings. The van der Waals surface area contributed by atoms with Crippen molar-refractivity contribution in [3.63, 3.8) is 0 Å². The monoisotopic (exact) mass is 1780 g/mol. The lowest BCUT2D eigenvalue weighted by molar-refractivity contribution is -0.155. The van der Waals surface area contributed by atoms with Crippen molar-refractivity contribution < 1.29 is 66.8 Å². The number of aromatic nitrogens is 8. The molecule has 8 atom stereocenters. The van der Waals surface area contributed by atoms with Crippen molar-refractivity contribution in [1.82, 2.24) is 80.1 Å². The molecule has 678 valence electrons. The van der Waals surface area contributed by atoms with Crippen LogP contribution in [0.1, 0.15) is 161 Å². The number of ether oxygens (including phenoxy) is 6. The van der Waals surface area contributed by atoms with Gasteiger partial charge in [0.15, 0.2) is 12.1 Å². The van der Waals surface area contributed by atoms with Gasteiger partial charge in [0.25, 0.3) is 11.8 Å². The number of benzene rings is 8. The molecule has 132 heavy (non-hydrogen) atoms. The number of nitrogens with zero attached hydrogens (tertiary/aromatic N) is 10. The number of carbonyl (C=O) groups excluding carboxylic acids is 8. The minimum absolute atomic E-state index is 0.0717. The minimum Gasteiger partial charge on any atom is -0.453 e. The van der Waals surface area contributed by atoms with Crippen molar-refractivity contribution in [2.75, 3.05) is 81.0 Å². The molecule has 8 aromatic carbocycles. The number of methoxy groups -OCH3 is 4. The van der Waals surface area contributed by atoms with Crippen LogP contribution in [0.25, 0.3) is 88.8 Å². The second kappa shape index (κ2) is 36.4. The minimum atomic E-state index is -1.59. The van der Waals surface area contributed by atoms with E-state index < -0.39 is 72.4 Å². The van der Waals surface area contributed by atoms with E-state index in [-0.39, 0.29) is 46.6 Å². The summed E-state index contributed by atoms with van der Waals surface area (Å²) in [7, 11) is 4.98. The Bertz CT molecular complexity index is 5940. The van der Waals surface area contributed by atoms with Crippen LogP contribution in [0.5, 0.6) is 0 Å². The molecule has 2 aliphatic carbocycles. The van der Waals surface area contributed by atoms with Gasteiger partial charge in [-0.1, -0.05) is 158 Å². The van der Waals surface area contributed by atoms with E-state index in [4.69, 9.17) is 48.4 Å². The summed E-state index contributed by atoms with van der Waals surface area (Å²) in [5.74, 6) is 1.02. The molecular formula is C102H106N16O14. The summed E-state index contributed by atoms with van der Waals surface area (Å²) in [6.07, 6.45) is 14.1. The second-order valence-corrected chi connectivity index (χ2v) is 36.6. The topological polar surface area (TPSA) is 350 Å². The van der Waals surface area contributed by atoms with Gasteiger partial charge in [-0.2, -0.15) is 10.0 Å². The lowest BCUT2D eigenvalue weighted by Crippen LogP contribution is -2.59. The molecule has 6 saturated heterocycles. The molecular weight excluding hydrogens is 1670 g/mol. The van der Waals surface area contributed by atoms with Crippen LogP contribution in [-0.4, -0.2) is 211 Å². The van der Waals surface area contributed by atoms with E-state index >= 15 is 19.2 Å². The SMILES string of the molecule is COC(=O)NC(C(=O)N1CCCC1c1ncc(-c2ccc3cc(-c4ccc(-c5cnc(C6CC7(CC7)CN6C(=O)C(c6ccccc6)N(C(=O)OC)N(C(=O)OC)C(C(=O)N6CC7(CC7)CC6c6ncc(-c7ccc(-c8ccc9cc(-c%10cnc(C%11CCCN%11C(=O)C(NC(=O)OC)C%11CCOCC%11)[nH]%10)ccc9c8)cc7)[nH]6)c6ccccc6)[nH]5)cc4)ccc3c2)[nH]1)C1CCOCC1. The van der Waals surface area contributed by atoms with Crippen LogP contribution in [0.3, 0.4) is 0 Å². The highest BCUT2D eigenvalue weighted by Gasteiger charge is 2.60. The summed E-state index contributed by atoms with van der Waals surface area (Å²) in [5, 5.41) is 11.8. The van der Waals surface area contributed by atoms with Crippen LogP contribution in [-0.2, 0) is 47.6 Å². The van der Waals surface area contributed by atoms with Crippen LogP contribution in [0.2, 0.25) is 0 Å². The fraction of sp³-hybridized carbons (Fsp3) is 0.373. The molecule has 2 spiro atoms. The molecule has 30 heteroatoms. The Hall–Kier alpha value is -14.0. The van der Waals surface area contributed by atoms with Gasteiger partial charge >= 0.3 is 24.4 Å². The van der Waals surface area contributed by atoms with Crippen molar-refractivity contribution in [3.8, 4) is 67.3 Å². The van der Waals surface area contributed by atoms with E-state index in [2.05, 4.69) is 128 Å². The number of hydrazine groups is 1. The Balaban J connectivity index is 0.526. The van der Waals surface area contributed by atoms with Gasteiger partial charge in [0.05, 0.1) is 100 Å². The average molecular weight is 1780 g/mol. The number of imidazole rings is 4. The first-order valence-electron chi connectivity index (χ1n) is 45.8. The maximum absolute atomic E-state index is 16.5. The number of fused-ring (bicyclic) bond motifs is 2. The molecule has 8 unspecified atom stereocenters. The van der Waals surface area contributed by atoms with Gasteiger partial charge in [0.1, 0.15) is 35.4 Å². The number of rotatable bonds is 22. The first-order chi connectivity index (χ1) is 64.4. The first kappa shape index (κ1) is 86.1. The number of aromatic amines is 4. The number of alkyl carbamates (subject to hydrolysis) is 2. The van der Waals surface area contributed by atoms with E-state index in [9.17, 15) is 19.2 Å². The largest absolute Gasteiger partial charge is 0.453 e. The van der Waals surface area contributed by atoms with E-state index in [1.54, 1.807) is 82.9 Å². The molecule has 20 rings (SSSR count). The van der Waals surface area contributed by atoms with Crippen molar-refractivity contribution in [3.05, 3.63) is 241 Å². The van der Waals surface area contributed by atoms with Gasteiger partial charge in [0.2, 0.25) is 11.8 Å². The fourth-order valence-electron chi connectivity index (χ4n) is 21.0. The highest BCUT2D eigenvalue weighted by molar-refractivity contribution is 5.95. The Morgan fingerprint density at radius 2 is 0.689 bits per heavy atom. The molecule has 30 nitrogen and oxygen atoms in total. The molecule has 2 saturated carbocycles. The van der Waals surface area contributed by atoms with Crippen LogP contribution in [0.15, 0.2) is 207 Å². The van der Waals surface area contributed by atoms with Crippen molar-refractivity contribution in [2.45, 2.75) is 138 Å². The maximum atomic E-state index is 16.5. The molecule has 0 radical (unpaired) electrons. The highest BCUT2D eigenvalue weighted by Crippen LogP contribution is 2.61. The number of carbonyl (C=O) groups is 8. The van der Waals surface area contributed by atoms with Gasteiger partial charge in [0, 0.05) is 63.7 Å². The Morgan fingerprint density at radius 3 is 1.03 bits per heavy atom. The standard InChI is InChI=1S/C102H106N16O14/c1-127-97(123)111-85(65-35-45-131-46-36-65)93(119)113-43-11-17-81(113)89-103-57-79(109-89)75-33-31-71-49-69(27-29-73(71)51-75)61-19-23-63(24-20-61)77-55-105-91(107-77)83-53-101(39-40-101)59-115(83)95(121)87(67-13-7-5-8-14-67)117(99(125)129-3)118(100(126)130-4)88(68-15-9-6-10-16-68)96(122)116-60-102(41-42-102)54-84(116)92-106-56-78(108-92)64-25-21-62(22-26-64)70-28-30-74-52-76(34-32-72(74)50-70)80-58-104-90(110-80)82-18-12-44-114(82)94(120)86(112-98(124)128-2)66-37-47-132-48-38-66/h5-10,13-16,19-34,49-52,55-58,65-66,81-88H,11-12,17-18,35-48,53-54,59-60H2,1-4H3,(H,103,109)(H,104,110)(H,105,107)(H,106,108)(H,111,123)(H,112,124). The normalized spacial score (nSPS) is 20.1. The zero-order chi connectivity index (χ0) is 90.5. The number of H-pyrrole nitrogens is 4. The zero-order valence-electron chi connectivity index (χ0n) is 74.1. The molecule has 0 bridgehead atoms. The predicted octanol–water partition coefficient (Wildman–Crippen LogP) is 16.9. The van der Waals surface area contributed by atoms with Crippen molar-refractivity contribution in [1.29, 1.82) is 0 Å². The Kier molecular flexibility index (Phi) is 23.7. The van der Waals surface area contributed by atoms with Crippen LogP contribution in [0, 0.1) is 22.7 Å². The first-order valence-corrected chi connectivity index (χ1v) is 45.8. The molecule has 4 aromatic heterocycles. The van der Waals surface area contributed by atoms with E-state index in [1.807, 2.05) is 46.5 Å². The third kappa shape index (κ3) is 17.0. The van der Waals surface area contributed by atoms with E-state index in [0.29, 0.717) is 126 Å². The van der Waals surface area contributed by atoms with E-state index in [1.165, 1.54) is 28.4 Å². The fourth-order valence-corrected chi connectivity index (χ4v) is 21.0. The third-order valence-corrected chi connectivity index (χ3v) is 28.6. The number of amides is 8. The van der Waals surface area contributed by atoms with Gasteiger partial charge in [-0.25, -0.2) is 39.1 Å². The van der Waals surface area contributed by atoms with Crippen LogP contribution >= 0.6 is 0 Å². The summed E-state index contributed by atoms with van der Waals surface area (Å²) in [6, 6.07) is 53.0. The van der Waals surface area contributed by atoms with Gasteiger partial charge < -0.3 is 78.6 Å². The highest BCUT2D eigenvalue weighted by atomic mass is 16.6. The number of nitrogens with one attached hydrogen (secondary N) is 6. The number of likely N-dealkylation sites (tertiary alicyclic amines) is 4. The van der Waals surface area contributed by atoms with Crippen LogP contribution < -0.4 is 10.6 Å². The summed E-state index contributed by atoms with van der Waals surface area (Å²) in [4.78, 5) is 159. The molecule has 6 N–H and O–H groups in total. The molecule has 8 amide bonds. The molecule has 8 aliphatic rings. The van der Waals surface area contributed by atoms with Gasteiger partial charge in [-0.15, -0.1) is 0 Å². The van der Waals surface area contributed by atoms with Gasteiger partial charge in [-0.05, 0) is 203 Å². The molecule has 12 aromatic rings. The predicted molar refractivity (Wildman–Crippen MR) is 491 cm³/mol. The maximum Gasteiger partial charge on any atom is 0.429 e. The van der Waals surface area contributed by atoms with Crippen molar-refractivity contribution in [2.24, 2.45) is 22.7 Å². The third-order valence-electron chi connectivity index (χ3n) is 28.6. The van der Waals surface area contributed by atoms with E-state index in [0.717, 1.165) is 150 Å². The summed E-state index contributed by atoms with van der Waals surface area (Å²) >= 11 is 0.